The average Bonchev–Trinajstić information content (AvgIpc) is 2.71. The highest BCUT2D eigenvalue weighted by Crippen LogP contribution is 2.20. The van der Waals surface area contributed by atoms with Gasteiger partial charge in [-0.2, -0.15) is 0 Å². The van der Waals surface area contributed by atoms with Crippen molar-refractivity contribution in [2.45, 2.75) is 38.4 Å². The van der Waals surface area contributed by atoms with Gasteiger partial charge in [0, 0.05) is 31.4 Å². The van der Waals surface area contributed by atoms with E-state index in [0.717, 1.165) is 11.1 Å². The van der Waals surface area contributed by atoms with Crippen LogP contribution >= 0.6 is 23.2 Å². The van der Waals surface area contributed by atoms with Crippen molar-refractivity contribution in [3.8, 4) is 0 Å². The van der Waals surface area contributed by atoms with Crippen LogP contribution in [0.5, 0.6) is 0 Å². The molecule has 1 atom stereocenters. The van der Waals surface area contributed by atoms with Crippen LogP contribution in [0.3, 0.4) is 0 Å². The van der Waals surface area contributed by atoms with Crippen molar-refractivity contribution in [2.75, 3.05) is 5.88 Å². The second-order valence-corrected chi connectivity index (χ2v) is 7.29. The molecule has 0 fully saturated rings. The van der Waals surface area contributed by atoms with Crippen molar-refractivity contribution in [3.63, 3.8) is 0 Å². The zero-order valence-electron chi connectivity index (χ0n) is 15.5. The molecule has 0 N–H and O–H groups in total. The van der Waals surface area contributed by atoms with Crippen LogP contribution in [-0.4, -0.2) is 33.6 Å². The maximum absolute atomic E-state index is 11.9. The molecule has 0 spiro atoms. The molecule has 4 nitrogen and oxygen atoms in total. The van der Waals surface area contributed by atoms with Crippen molar-refractivity contribution in [3.05, 3.63) is 71.8 Å². The highest BCUT2D eigenvalue weighted by atomic mass is 35.5. The van der Waals surface area contributed by atoms with Gasteiger partial charge >= 0.3 is 0 Å². The molecule has 2 aromatic rings. The maximum atomic E-state index is 11.9. The van der Waals surface area contributed by atoms with Crippen molar-refractivity contribution in [2.24, 2.45) is 0 Å². The van der Waals surface area contributed by atoms with Gasteiger partial charge in [-0.05, 0) is 35.6 Å². The minimum Gasteiger partial charge on any atom is -0.292 e. The smallest absolute Gasteiger partial charge is 0.292 e. The number of halogens is 2. The number of alkyl halides is 1. The van der Waals surface area contributed by atoms with Crippen molar-refractivity contribution in [1.29, 1.82) is 0 Å². The van der Waals surface area contributed by atoms with Gasteiger partial charge in [-0.1, -0.05) is 60.7 Å². The molecule has 148 valence electrons. The van der Waals surface area contributed by atoms with Crippen molar-refractivity contribution in [1.82, 2.24) is 4.90 Å². The van der Waals surface area contributed by atoms with Crippen LogP contribution in [-0.2, 0) is 27.5 Å². The van der Waals surface area contributed by atoms with Crippen LogP contribution in [0, 0.1) is 0 Å². The SMILES string of the molecule is O=C(Cl)C(=O)C(=O)CCC(CCCl)N(Cc1ccccc1)Cc1ccccc1. The first kappa shape index (κ1) is 22.3. The van der Waals surface area contributed by atoms with E-state index in [4.69, 9.17) is 23.2 Å². The van der Waals surface area contributed by atoms with E-state index in [2.05, 4.69) is 29.2 Å². The molecule has 2 aromatic carbocycles. The largest absolute Gasteiger partial charge is 0.296 e. The fourth-order valence-corrected chi connectivity index (χ4v) is 3.46. The van der Waals surface area contributed by atoms with Crippen LogP contribution < -0.4 is 0 Å². The Kier molecular flexibility index (Phi) is 9.35. The normalized spacial score (nSPS) is 12.0. The van der Waals surface area contributed by atoms with E-state index in [-0.39, 0.29) is 12.5 Å². The van der Waals surface area contributed by atoms with E-state index < -0.39 is 16.8 Å². The van der Waals surface area contributed by atoms with Gasteiger partial charge < -0.3 is 0 Å². The van der Waals surface area contributed by atoms with Gasteiger partial charge in [-0.15, -0.1) is 11.6 Å². The minimum absolute atomic E-state index is 0.0138. The molecule has 0 aliphatic heterocycles. The summed E-state index contributed by atoms with van der Waals surface area (Å²) in [5.74, 6) is -1.47. The second kappa shape index (κ2) is 11.7. The molecule has 28 heavy (non-hydrogen) atoms. The molecule has 0 bridgehead atoms. The number of carbonyl (C=O) groups is 3. The Labute approximate surface area is 175 Å². The average molecular weight is 420 g/mol. The quantitative estimate of drug-likeness (QED) is 0.222. The minimum atomic E-state index is -1.23. The Morgan fingerprint density at radius 3 is 1.75 bits per heavy atom. The lowest BCUT2D eigenvalue weighted by molar-refractivity contribution is -0.141. The molecule has 0 saturated carbocycles. The third kappa shape index (κ3) is 7.19. The number of nitrogens with zero attached hydrogens (tertiary/aromatic N) is 1. The highest BCUT2D eigenvalue weighted by molar-refractivity contribution is 6.89. The Balaban J connectivity index is 2.16. The number of rotatable bonds is 12. The van der Waals surface area contributed by atoms with Gasteiger partial charge in [0.15, 0.2) is 0 Å². The summed E-state index contributed by atoms with van der Waals surface area (Å²) in [7, 11) is 0. The Bertz CT molecular complexity index is 739. The second-order valence-electron chi connectivity index (χ2n) is 6.57. The number of ketones is 2. The third-order valence-electron chi connectivity index (χ3n) is 4.55. The topological polar surface area (TPSA) is 54.5 Å². The summed E-state index contributed by atoms with van der Waals surface area (Å²) in [5.41, 5.74) is 2.30. The van der Waals surface area contributed by atoms with E-state index in [1.165, 1.54) is 0 Å². The zero-order chi connectivity index (χ0) is 20.4. The lowest BCUT2D eigenvalue weighted by Gasteiger charge is -2.32. The summed E-state index contributed by atoms with van der Waals surface area (Å²) in [4.78, 5) is 36.6. The van der Waals surface area contributed by atoms with E-state index >= 15 is 0 Å². The van der Waals surface area contributed by atoms with E-state index in [9.17, 15) is 14.4 Å². The van der Waals surface area contributed by atoms with E-state index in [1.54, 1.807) is 0 Å². The standard InChI is InChI=1S/C22H23Cl2NO3/c23-14-13-19(11-12-20(26)21(27)22(24)28)25(15-17-7-3-1-4-8-17)16-18-9-5-2-6-10-18/h1-10,19H,11-16H2. The first-order chi connectivity index (χ1) is 13.5. The fourth-order valence-electron chi connectivity index (χ4n) is 3.11. The van der Waals surface area contributed by atoms with Crippen LogP contribution in [0.1, 0.15) is 30.4 Å². The molecule has 0 aliphatic rings. The van der Waals surface area contributed by atoms with Crippen LogP contribution in [0.25, 0.3) is 0 Å². The summed E-state index contributed by atoms with van der Waals surface area (Å²) in [6.07, 6.45) is 1.07. The third-order valence-corrected chi connectivity index (χ3v) is 4.94. The number of hydrogen-bond donors (Lipinski definition) is 0. The van der Waals surface area contributed by atoms with Crippen LogP contribution in [0.2, 0.25) is 0 Å². The van der Waals surface area contributed by atoms with Gasteiger partial charge in [0.05, 0.1) is 0 Å². The highest BCUT2D eigenvalue weighted by Gasteiger charge is 2.24. The fraction of sp³-hybridized carbons (Fsp3) is 0.318. The molecule has 2 rings (SSSR count). The Hall–Kier alpha value is -2.01. The molecular weight excluding hydrogens is 397 g/mol. The first-order valence-electron chi connectivity index (χ1n) is 9.16. The van der Waals surface area contributed by atoms with Crippen molar-refractivity contribution < 1.29 is 14.4 Å². The van der Waals surface area contributed by atoms with Crippen molar-refractivity contribution >= 4 is 40.0 Å². The summed E-state index contributed by atoms with van der Waals surface area (Å²) in [6.45, 7) is 1.38. The molecule has 0 amide bonds. The summed E-state index contributed by atoms with van der Waals surface area (Å²) >= 11 is 11.2. The molecule has 0 saturated heterocycles. The summed E-state index contributed by atoms with van der Waals surface area (Å²) in [6, 6.07) is 20.1. The Morgan fingerprint density at radius 1 is 0.821 bits per heavy atom. The van der Waals surface area contributed by atoms with Gasteiger partial charge in [-0.3, -0.25) is 19.3 Å². The summed E-state index contributed by atoms with van der Waals surface area (Å²) in [5, 5.41) is -1.23. The van der Waals surface area contributed by atoms with E-state index in [1.807, 2.05) is 36.4 Å². The number of hydrogen-bond acceptors (Lipinski definition) is 4. The maximum Gasteiger partial charge on any atom is 0.296 e. The number of Topliss-reactive ketones (excluding diaryl/α,β-unsaturated/α-hetero) is 2. The molecule has 0 heterocycles. The van der Waals surface area contributed by atoms with Gasteiger partial charge in [0.1, 0.15) is 0 Å². The number of carbonyl (C=O) groups excluding carboxylic acids is 3. The molecular formula is C22H23Cl2NO3. The predicted molar refractivity (Wildman–Crippen MR) is 111 cm³/mol. The Morgan fingerprint density at radius 2 is 1.32 bits per heavy atom. The number of benzene rings is 2. The lowest BCUT2D eigenvalue weighted by atomic mass is 10.0. The monoisotopic (exact) mass is 419 g/mol. The van der Waals surface area contributed by atoms with Crippen LogP contribution in [0.4, 0.5) is 0 Å². The molecule has 0 aromatic heterocycles. The summed E-state index contributed by atoms with van der Waals surface area (Å²) < 4.78 is 0. The predicted octanol–water partition coefficient (Wildman–Crippen LogP) is 4.37. The first-order valence-corrected chi connectivity index (χ1v) is 10.1. The zero-order valence-corrected chi connectivity index (χ0v) is 17.0. The van der Waals surface area contributed by atoms with E-state index in [0.29, 0.717) is 31.8 Å². The van der Waals surface area contributed by atoms with Gasteiger partial charge in [0.2, 0.25) is 5.78 Å². The molecule has 0 radical (unpaired) electrons. The lowest BCUT2D eigenvalue weighted by Crippen LogP contribution is -2.36. The molecule has 0 aliphatic carbocycles. The van der Waals surface area contributed by atoms with Gasteiger partial charge in [0.25, 0.3) is 11.0 Å². The molecule has 1 unspecified atom stereocenters. The van der Waals surface area contributed by atoms with Gasteiger partial charge in [-0.25, -0.2) is 0 Å². The van der Waals surface area contributed by atoms with Crippen LogP contribution in [0.15, 0.2) is 60.7 Å². The molecule has 6 heteroatoms.